The molecular formula is C48H35N. The molecule has 0 atom stereocenters. The molecule has 0 radical (unpaired) electrons. The van der Waals surface area contributed by atoms with Gasteiger partial charge in [-0.25, -0.2) is 0 Å². The van der Waals surface area contributed by atoms with E-state index in [0.29, 0.717) is 0 Å². The van der Waals surface area contributed by atoms with E-state index in [9.17, 15) is 0 Å². The van der Waals surface area contributed by atoms with Crippen LogP contribution >= 0.6 is 0 Å². The second-order valence-electron chi connectivity index (χ2n) is 14.1. The topological polar surface area (TPSA) is 3.24 Å². The molecule has 0 aromatic heterocycles. The molecule has 1 aliphatic heterocycles. The summed E-state index contributed by atoms with van der Waals surface area (Å²) in [6.45, 7) is 4.75. The Morgan fingerprint density at radius 3 is 1.80 bits per heavy atom. The summed E-state index contributed by atoms with van der Waals surface area (Å²) < 4.78 is 0. The maximum atomic E-state index is 2.54. The molecule has 0 saturated carbocycles. The summed E-state index contributed by atoms with van der Waals surface area (Å²) in [7, 11) is 0. The van der Waals surface area contributed by atoms with Gasteiger partial charge in [0.25, 0.3) is 0 Å². The molecule has 0 bridgehead atoms. The Morgan fingerprint density at radius 1 is 0.429 bits per heavy atom. The van der Waals surface area contributed by atoms with Crippen molar-refractivity contribution in [3.63, 3.8) is 0 Å². The molecule has 0 fully saturated rings. The van der Waals surface area contributed by atoms with E-state index in [1.54, 1.807) is 0 Å². The van der Waals surface area contributed by atoms with Crippen LogP contribution in [0.3, 0.4) is 0 Å². The average molecular weight is 626 g/mol. The van der Waals surface area contributed by atoms with Crippen molar-refractivity contribution in [2.75, 3.05) is 4.90 Å². The van der Waals surface area contributed by atoms with Gasteiger partial charge < -0.3 is 4.90 Å². The van der Waals surface area contributed by atoms with E-state index in [1.165, 1.54) is 94.2 Å². The Bertz CT molecular complexity index is 2560. The Morgan fingerprint density at radius 2 is 1.02 bits per heavy atom. The van der Waals surface area contributed by atoms with Crippen LogP contribution in [0.4, 0.5) is 17.1 Å². The molecular weight excluding hydrogens is 591 g/mol. The summed E-state index contributed by atoms with van der Waals surface area (Å²) in [5.74, 6) is 0. The first-order chi connectivity index (χ1) is 24.1. The molecule has 232 valence electrons. The molecule has 2 aliphatic rings. The van der Waals surface area contributed by atoms with Gasteiger partial charge in [0, 0.05) is 34.0 Å². The number of fused-ring (bicyclic) bond motifs is 7. The predicted octanol–water partition coefficient (Wildman–Crippen LogP) is 13.0. The SMILES string of the molecule is CC1(C)c2ccccc2-c2c(-c3c4ccccc4c(N4c5ccccc5Cc5ccccc54)c4ccc(-c5ccccc5)cc34)cccc21. The third kappa shape index (κ3) is 4.06. The lowest BCUT2D eigenvalue weighted by Crippen LogP contribution is -2.19. The highest BCUT2D eigenvalue weighted by molar-refractivity contribution is 6.24. The maximum Gasteiger partial charge on any atom is 0.0619 e. The molecule has 0 N–H and O–H groups in total. The second kappa shape index (κ2) is 10.5. The first-order valence-electron chi connectivity index (χ1n) is 17.3. The van der Waals surface area contributed by atoms with Crippen LogP contribution in [0.25, 0.3) is 54.9 Å². The zero-order valence-corrected chi connectivity index (χ0v) is 27.7. The number of para-hydroxylation sites is 2. The number of anilines is 3. The summed E-state index contributed by atoms with van der Waals surface area (Å²) in [5.41, 5.74) is 16.9. The second-order valence-corrected chi connectivity index (χ2v) is 14.1. The van der Waals surface area contributed by atoms with Gasteiger partial charge in [-0.2, -0.15) is 0 Å². The lowest BCUT2D eigenvalue weighted by atomic mass is 9.81. The van der Waals surface area contributed by atoms with Crippen molar-refractivity contribution >= 4 is 38.6 Å². The summed E-state index contributed by atoms with van der Waals surface area (Å²) in [6.07, 6.45) is 0.931. The van der Waals surface area contributed by atoms with Gasteiger partial charge in [0.05, 0.1) is 5.69 Å². The normalized spacial score (nSPS) is 14.0. The number of hydrogen-bond acceptors (Lipinski definition) is 1. The summed E-state index contributed by atoms with van der Waals surface area (Å²) in [5, 5.41) is 5.05. The van der Waals surface area contributed by atoms with Crippen LogP contribution in [0.2, 0.25) is 0 Å². The first kappa shape index (κ1) is 28.1. The van der Waals surface area contributed by atoms with Crippen molar-refractivity contribution in [2.45, 2.75) is 25.7 Å². The molecule has 8 aromatic carbocycles. The van der Waals surface area contributed by atoms with E-state index >= 15 is 0 Å². The predicted molar refractivity (Wildman–Crippen MR) is 207 cm³/mol. The standard InChI is InChI=1S/C48H35N/c1-48(2)41-23-11-10-21-38(41)46-39(22-14-24-42(46)48)45-35-19-8-9-20-36(35)47(37-28-27-32(30-40(37)45)31-15-4-3-5-16-31)49-43-25-12-6-17-33(43)29-34-18-7-13-26-44(34)49/h3-28,30H,29H2,1-2H3. The lowest BCUT2D eigenvalue weighted by molar-refractivity contribution is 0.660. The van der Waals surface area contributed by atoms with E-state index in [2.05, 4.69) is 183 Å². The fraction of sp³-hybridized carbons (Fsp3) is 0.0833. The number of benzene rings is 8. The van der Waals surface area contributed by atoms with E-state index in [4.69, 9.17) is 0 Å². The highest BCUT2D eigenvalue weighted by Gasteiger charge is 2.37. The highest BCUT2D eigenvalue weighted by atomic mass is 15.2. The van der Waals surface area contributed by atoms with Crippen molar-refractivity contribution in [1.29, 1.82) is 0 Å². The molecule has 0 spiro atoms. The molecule has 1 nitrogen and oxygen atoms in total. The zero-order valence-electron chi connectivity index (χ0n) is 27.7. The van der Waals surface area contributed by atoms with E-state index in [0.717, 1.165) is 6.42 Å². The van der Waals surface area contributed by atoms with Crippen LogP contribution in [0, 0.1) is 0 Å². The molecule has 49 heavy (non-hydrogen) atoms. The van der Waals surface area contributed by atoms with Gasteiger partial charge in [-0.3, -0.25) is 0 Å². The van der Waals surface area contributed by atoms with Crippen molar-refractivity contribution in [3.8, 4) is 33.4 Å². The van der Waals surface area contributed by atoms with Crippen LogP contribution in [-0.4, -0.2) is 0 Å². The molecule has 1 heterocycles. The van der Waals surface area contributed by atoms with E-state index < -0.39 is 0 Å². The Balaban J connectivity index is 1.38. The van der Waals surface area contributed by atoms with Gasteiger partial charge in [0.2, 0.25) is 0 Å². The lowest BCUT2D eigenvalue weighted by Gasteiger charge is -2.35. The number of hydrogen-bond donors (Lipinski definition) is 0. The van der Waals surface area contributed by atoms with Gasteiger partial charge in [-0.05, 0) is 84.6 Å². The number of nitrogens with zero attached hydrogens (tertiary/aromatic N) is 1. The summed E-state index contributed by atoms with van der Waals surface area (Å²) >= 11 is 0. The molecule has 0 unspecified atom stereocenters. The Labute approximate surface area is 287 Å². The quantitative estimate of drug-likeness (QED) is 0.177. The van der Waals surface area contributed by atoms with Gasteiger partial charge in [0.1, 0.15) is 0 Å². The van der Waals surface area contributed by atoms with Crippen molar-refractivity contribution in [2.24, 2.45) is 0 Å². The van der Waals surface area contributed by atoms with Crippen LogP contribution in [-0.2, 0) is 11.8 Å². The van der Waals surface area contributed by atoms with Gasteiger partial charge >= 0.3 is 0 Å². The average Bonchev–Trinajstić information content (AvgIpc) is 3.39. The minimum Gasteiger partial charge on any atom is -0.309 e. The van der Waals surface area contributed by atoms with Crippen LogP contribution < -0.4 is 4.90 Å². The molecule has 0 saturated heterocycles. The van der Waals surface area contributed by atoms with Crippen LogP contribution in [0.1, 0.15) is 36.1 Å². The number of rotatable bonds is 3. The largest absolute Gasteiger partial charge is 0.309 e. The third-order valence-corrected chi connectivity index (χ3v) is 11.0. The van der Waals surface area contributed by atoms with Crippen molar-refractivity contribution < 1.29 is 0 Å². The maximum absolute atomic E-state index is 2.54. The fourth-order valence-corrected chi connectivity index (χ4v) is 8.79. The van der Waals surface area contributed by atoms with Crippen LogP contribution in [0.5, 0.6) is 0 Å². The minimum atomic E-state index is -0.0795. The first-order valence-corrected chi connectivity index (χ1v) is 17.3. The molecule has 1 heteroatoms. The third-order valence-electron chi connectivity index (χ3n) is 11.0. The van der Waals surface area contributed by atoms with Gasteiger partial charge in [-0.15, -0.1) is 0 Å². The van der Waals surface area contributed by atoms with E-state index in [-0.39, 0.29) is 5.41 Å². The monoisotopic (exact) mass is 625 g/mol. The summed E-state index contributed by atoms with van der Waals surface area (Å²) in [6, 6.07) is 60.9. The zero-order chi connectivity index (χ0) is 32.7. The highest BCUT2D eigenvalue weighted by Crippen LogP contribution is 2.56. The van der Waals surface area contributed by atoms with Gasteiger partial charge in [0.15, 0.2) is 0 Å². The Kier molecular flexibility index (Phi) is 6.05. The smallest absolute Gasteiger partial charge is 0.0619 e. The van der Waals surface area contributed by atoms with Crippen LogP contribution in [0.15, 0.2) is 164 Å². The fourth-order valence-electron chi connectivity index (χ4n) is 8.79. The van der Waals surface area contributed by atoms with Crippen molar-refractivity contribution in [3.05, 3.63) is 186 Å². The molecule has 0 amide bonds. The minimum absolute atomic E-state index is 0.0795. The molecule has 10 rings (SSSR count). The molecule has 8 aromatic rings. The van der Waals surface area contributed by atoms with Gasteiger partial charge in [-0.1, -0.05) is 159 Å². The van der Waals surface area contributed by atoms with E-state index in [1.807, 2.05) is 0 Å². The Hall–Kier alpha value is -5.92. The summed E-state index contributed by atoms with van der Waals surface area (Å²) in [4.78, 5) is 2.54. The molecule has 1 aliphatic carbocycles. The van der Waals surface area contributed by atoms with Crippen molar-refractivity contribution in [1.82, 2.24) is 0 Å².